The summed E-state index contributed by atoms with van der Waals surface area (Å²) in [5.41, 5.74) is 9.14. The van der Waals surface area contributed by atoms with Crippen LogP contribution in [0.1, 0.15) is 43.2 Å². The predicted octanol–water partition coefficient (Wildman–Crippen LogP) is 10.9. The number of fused-ring (bicyclic) bond motifs is 6. The Kier molecular flexibility index (Phi) is 5.56. The van der Waals surface area contributed by atoms with Gasteiger partial charge in [0.05, 0.1) is 0 Å². The normalized spacial score (nSPS) is 24.8. The third-order valence-electron chi connectivity index (χ3n) is 12.5. The Bertz CT molecular complexity index is 2400. The molecule has 0 unspecified atom stereocenters. The minimum atomic E-state index is 0.116. The fraction of sp³-hybridized carbons (Fsp3) is 0.222. The van der Waals surface area contributed by atoms with Crippen molar-refractivity contribution in [3.05, 3.63) is 139 Å². The van der Waals surface area contributed by atoms with Gasteiger partial charge in [0.25, 0.3) is 0 Å². The van der Waals surface area contributed by atoms with Gasteiger partial charge < -0.3 is 0 Å². The molecule has 0 radical (unpaired) electrons. The van der Waals surface area contributed by atoms with Crippen LogP contribution in [0.15, 0.2) is 127 Å². The van der Waals surface area contributed by atoms with E-state index in [2.05, 4.69) is 121 Å². The van der Waals surface area contributed by atoms with Crippen molar-refractivity contribution in [3.8, 4) is 45.3 Å². The van der Waals surface area contributed by atoms with Gasteiger partial charge in [-0.3, -0.25) is 0 Å². The summed E-state index contributed by atoms with van der Waals surface area (Å²) in [5.74, 6) is 5.41. The van der Waals surface area contributed by atoms with Crippen molar-refractivity contribution in [1.29, 1.82) is 0 Å². The van der Waals surface area contributed by atoms with Crippen molar-refractivity contribution in [2.45, 2.75) is 37.5 Å². The van der Waals surface area contributed by atoms with Crippen LogP contribution < -0.4 is 0 Å². The highest BCUT2D eigenvalue weighted by molar-refractivity contribution is 6.03. The minimum Gasteiger partial charge on any atom is -0.208 e. The molecular weight excluding hydrogens is 583 g/mol. The van der Waals surface area contributed by atoms with Gasteiger partial charge in [0.2, 0.25) is 0 Å². The summed E-state index contributed by atoms with van der Waals surface area (Å²) in [6.07, 6.45) is 6.97. The molecule has 4 bridgehead atoms. The molecular formula is C45H35N3. The Labute approximate surface area is 280 Å². The zero-order valence-corrected chi connectivity index (χ0v) is 26.8. The second kappa shape index (κ2) is 9.93. The predicted molar refractivity (Wildman–Crippen MR) is 194 cm³/mol. The van der Waals surface area contributed by atoms with Crippen molar-refractivity contribution >= 4 is 21.5 Å². The highest BCUT2D eigenvalue weighted by Gasteiger charge is 2.61. The van der Waals surface area contributed by atoms with Crippen LogP contribution in [-0.2, 0) is 5.41 Å². The quantitative estimate of drug-likeness (QED) is 0.198. The minimum absolute atomic E-state index is 0.116. The Morgan fingerprint density at radius 2 is 1.00 bits per heavy atom. The maximum absolute atomic E-state index is 5.20. The second-order valence-electron chi connectivity index (χ2n) is 14.9. The van der Waals surface area contributed by atoms with Gasteiger partial charge in [0.15, 0.2) is 17.5 Å². The summed E-state index contributed by atoms with van der Waals surface area (Å²) in [7, 11) is 0. The fourth-order valence-corrected chi connectivity index (χ4v) is 10.8. The van der Waals surface area contributed by atoms with Crippen molar-refractivity contribution in [3.63, 3.8) is 0 Å². The summed E-state index contributed by atoms with van der Waals surface area (Å²) >= 11 is 0. The van der Waals surface area contributed by atoms with Crippen molar-refractivity contribution in [2.75, 3.05) is 0 Å². The van der Waals surface area contributed by atoms with Crippen LogP contribution in [-0.4, -0.2) is 15.0 Å². The smallest absolute Gasteiger partial charge is 0.164 e. The van der Waals surface area contributed by atoms with Crippen LogP contribution in [0.25, 0.3) is 66.8 Å². The third kappa shape index (κ3) is 3.73. The number of rotatable bonds is 3. The van der Waals surface area contributed by atoms with E-state index < -0.39 is 0 Å². The van der Waals surface area contributed by atoms with Gasteiger partial charge in [0, 0.05) is 22.1 Å². The van der Waals surface area contributed by atoms with Crippen LogP contribution in [0, 0.1) is 23.7 Å². The monoisotopic (exact) mass is 617 g/mol. The van der Waals surface area contributed by atoms with E-state index in [0.29, 0.717) is 11.6 Å². The lowest BCUT2D eigenvalue weighted by Crippen LogP contribution is -2.55. The molecule has 0 amide bonds. The molecule has 6 aromatic carbocycles. The maximum Gasteiger partial charge on any atom is 0.164 e. The largest absolute Gasteiger partial charge is 0.208 e. The first kappa shape index (κ1) is 26.9. The molecule has 5 aliphatic carbocycles. The summed E-state index contributed by atoms with van der Waals surface area (Å²) in [6.45, 7) is 0. The molecule has 1 heterocycles. The average molecular weight is 618 g/mol. The van der Waals surface area contributed by atoms with Crippen molar-refractivity contribution in [2.24, 2.45) is 23.7 Å². The molecule has 48 heavy (non-hydrogen) atoms. The zero-order valence-electron chi connectivity index (χ0n) is 26.8. The first-order chi connectivity index (χ1) is 23.7. The lowest BCUT2D eigenvalue weighted by Gasteiger charge is -2.61. The van der Waals surface area contributed by atoms with Gasteiger partial charge in [-0.1, -0.05) is 115 Å². The van der Waals surface area contributed by atoms with E-state index in [1.54, 1.807) is 11.1 Å². The zero-order chi connectivity index (χ0) is 31.4. The molecule has 4 fully saturated rings. The van der Waals surface area contributed by atoms with Crippen molar-refractivity contribution in [1.82, 2.24) is 15.0 Å². The molecule has 230 valence electrons. The van der Waals surface area contributed by atoms with E-state index >= 15 is 0 Å². The molecule has 4 saturated carbocycles. The van der Waals surface area contributed by atoms with Gasteiger partial charge in [-0.2, -0.15) is 0 Å². The Hall–Kier alpha value is -5.15. The third-order valence-corrected chi connectivity index (χ3v) is 12.5. The van der Waals surface area contributed by atoms with Gasteiger partial charge >= 0.3 is 0 Å². The van der Waals surface area contributed by atoms with E-state index in [0.717, 1.165) is 46.2 Å². The topological polar surface area (TPSA) is 38.7 Å². The van der Waals surface area contributed by atoms with Gasteiger partial charge in [-0.05, 0) is 112 Å². The number of nitrogens with zero attached hydrogens (tertiary/aromatic N) is 3. The highest BCUT2D eigenvalue weighted by atomic mass is 15.0. The molecule has 3 heteroatoms. The maximum atomic E-state index is 5.20. The molecule has 0 atom stereocenters. The van der Waals surface area contributed by atoms with E-state index in [9.17, 15) is 0 Å². The summed E-state index contributed by atoms with van der Waals surface area (Å²) in [5, 5.41) is 5.08. The summed E-state index contributed by atoms with van der Waals surface area (Å²) < 4.78 is 0. The molecule has 0 saturated heterocycles. The SMILES string of the molecule is c1ccc(-c2nc(-c3ccc4c(c3)-c3c(ccc5ccccc35)C43C4CC5CC(C4)CC3C5)nc(-c3ccc4ccccc4c3)n2)cc1. The van der Waals surface area contributed by atoms with E-state index in [-0.39, 0.29) is 5.41 Å². The van der Waals surface area contributed by atoms with Crippen LogP contribution >= 0.6 is 0 Å². The fourth-order valence-electron chi connectivity index (χ4n) is 10.8. The molecule has 5 aliphatic rings. The highest BCUT2D eigenvalue weighted by Crippen LogP contribution is 2.70. The van der Waals surface area contributed by atoms with E-state index in [1.807, 2.05) is 6.07 Å². The van der Waals surface area contributed by atoms with Crippen molar-refractivity contribution < 1.29 is 0 Å². The van der Waals surface area contributed by atoms with E-state index in [4.69, 9.17) is 15.0 Å². The standard InChI is InChI=1S/C45H35N3/c1-2-10-31(11-3-1)42-46-43(33-15-14-29-8-4-5-12-32(29)25-33)48-44(47-42)34-17-18-39-38(26-34)41-37-13-7-6-9-30(37)16-19-40(41)45(39)35-21-27-20-28(23-35)24-36(45)22-27/h1-19,25-28,35-36H,20-24H2. The first-order valence-corrected chi connectivity index (χ1v) is 17.7. The lowest BCUT2D eigenvalue weighted by molar-refractivity contribution is -0.0399. The molecule has 7 aromatic rings. The first-order valence-electron chi connectivity index (χ1n) is 17.7. The Morgan fingerprint density at radius 3 is 1.75 bits per heavy atom. The summed E-state index contributed by atoms with van der Waals surface area (Å²) in [6, 6.07) is 46.4. The van der Waals surface area contributed by atoms with E-state index in [1.165, 1.54) is 64.8 Å². The molecule has 0 aliphatic heterocycles. The molecule has 3 nitrogen and oxygen atoms in total. The molecule has 0 N–H and O–H groups in total. The van der Waals surface area contributed by atoms with Gasteiger partial charge in [-0.25, -0.2) is 15.0 Å². The number of hydrogen-bond acceptors (Lipinski definition) is 3. The molecule has 12 rings (SSSR count). The number of aromatic nitrogens is 3. The molecule has 1 spiro atoms. The van der Waals surface area contributed by atoms with Gasteiger partial charge in [0.1, 0.15) is 0 Å². The Balaban J connectivity index is 1.14. The van der Waals surface area contributed by atoms with Crippen LogP contribution in [0.5, 0.6) is 0 Å². The van der Waals surface area contributed by atoms with Crippen LogP contribution in [0.3, 0.4) is 0 Å². The second-order valence-corrected chi connectivity index (χ2v) is 14.9. The molecule has 1 aromatic heterocycles. The summed E-state index contributed by atoms with van der Waals surface area (Å²) in [4.78, 5) is 15.4. The lowest BCUT2D eigenvalue weighted by atomic mass is 9.43. The van der Waals surface area contributed by atoms with Crippen LogP contribution in [0.2, 0.25) is 0 Å². The van der Waals surface area contributed by atoms with Gasteiger partial charge in [-0.15, -0.1) is 0 Å². The number of benzene rings is 6. The van der Waals surface area contributed by atoms with Crippen LogP contribution in [0.4, 0.5) is 0 Å². The Morgan fingerprint density at radius 1 is 0.438 bits per heavy atom. The number of hydrogen-bond donors (Lipinski definition) is 0. The average Bonchev–Trinajstić information content (AvgIpc) is 3.44.